The maximum Gasteiger partial charge on any atom is 0.362 e. The van der Waals surface area contributed by atoms with Crippen LogP contribution in [0.2, 0.25) is 0 Å². The average molecular weight is 332 g/mol. The smallest absolute Gasteiger partial charge is 0.362 e. The molecule has 2 N–H and O–H groups in total. The summed E-state index contributed by atoms with van der Waals surface area (Å²) in [6.07, 6.45) is 1.62. The van der Waals surface area contributed by atoms with Gasteiger partial charge in [-0.25, -0.2) is 9.59 Å². The van der Waals surface area contributed by atoms with Crippen LogP contribution in [0.15, 0.2) is 16.7 Å². The zero-order chi connectivity index (χ0) is 14.2. The number of aromatic nitrogens is 1. The molecular weight excluding hydrogens is 316 g/mol. The van der Waals surface area contributed by atoms with Crippen molar-refractivity contribution in [3.8, 4) is 0 Å². The van der Waals surface area contributed by atoms with E-state index in [0.717, 1.165) is 4.47 Å². The first-order valence-electron chi connectivity index (χ1n) is 5.90. The summed E-state index contributed by atoms with van der Waals surface area (Å²) in [5.41, 5.74) is 0.357. The number of aromatic amines is 1. The molecule has 1 aromatic heterocycles. The van der Waals surface area contributed by atoms with Gasteiger partial charge in [-0.15, -0.1) is 0 Å². The van der Waals surface area contributed by atoms with Gasteiger partial charge in [0.15, 0.2) is 12.1 Å². The fraction of sp³-hybridized carbons (Fsp3) is 0.500. The maximum absolute atomic E-state index is 11.9. The second-order valence-corrected chi connectivity index (χ2v) is 6.23. The highest BCUT2D eigenvalue weighted by atomic mass is 79.9. The van der Waals surface area contributed by atoms with Crippen LogP contribution >= 0.6 is 15.9 Å². The summed E-state index contributed by atoms with van der Waals surface area (Å²) < 4.78 is 6.45. The second-order valence-electron chi connectivity index (χ2n) is 5.31. The van der Waals surface area contributed by atoms with E-state index >= 15 is 0 Å². The van der Waals surface area contributed by atoms with Gasteiger partial charge in [0.1, 0.15) is 12.2 Å². The number of likely N-dealkylation sites (tertiary alicyclic amines) is 1. The molecule has 2 rings (SSSR count). The number of carbonyl (C=O) groups is 2. The van der Waals surface area contributed by atoms with Crippen molar-refractivity contribution in [2.75, 3.05) is 20.6 Å². The first-order valence-corrected chi connectivity index (χ1v) is 6.69. The molecule has 1 saturated heterocycles. The van der Waals surface area contributed by atoms with E-state index in [2.05, 4.69) is 20.9 Å². The first kappa shape index (κ1) is 14.1. The maximum atomic E-state index is 11.9. The monoisotopic (exact) mass is 331 g/mol. The van der Waals surface area contributed by atoms with Crippen molar-refractivity contribution in [1.29, 1.82) is 0 Å². The fourth-order valence-electron chi connectivity index (χ4n) is 2.45. The third-order valence-corrected chi connectivity index (χ3v) is 3.89. The number of rotatable bonds is 3. The first-order chi connectivity index (χ1) is 8.79. The number of esters is 1. The van der Waals surface area contributed by atoms with Crippen LogP contribution in [-0.4, -0.2) is 59.3 Å². The van der Waals surface area contributed by atoms with Crippen molar-refractivity contribution in [1.82, 2.24) is 4.98 Å². The Hall–Kier alpha value is -1.34. The minimum atomic E-state index is -0.855. The highest BCUT2D eigenvalue weighted by Crippen LogP contribution is 2.26. The third-order valence-electron chi connectivity index (χ3n) is 3.43. The molecule has 0 aromatic carbocycles. The molecule has 0 unspecified atom stereocenters. The van der Waals surface area contributed by atoms with Gasteiger partial charge in [0, 0.05) is 10.7 Å². The van der Waals surface area contributed by atoms with Crippen LogP contribution < -0.4 is 0 Å². The van der Waals surface area contributed by atoms with Gasteiger partial charge in [-0.1, -0.05) is 0 Å². The minimum Gasteiger partial charge on any atom is -0.477 e. The van der Waals surface area contributed by atoms with Crippen molar-refractivity contribution in [3.63, 3.8) is 0 Å². The summed E-state index contributed by atoms with van der Waals surface area (Å²) in [5, 5.41) is 9.15. The number of halogens is 1. The molecule has 0 saturated carbocycles. The molecule has 1 aliphatic rings. The number of H-pyrrole nitrogens is 1. The number of carboxylic acid groups (broad SMARTS) is 1. The van der Waals surface area contributed by atoms with Crippen molar-refractivity contribution in [2.24, 2.45) is 0 Å². The third kappa shape index (κ3) is 2.98. The van der Waals surface area contributed by atoms with Crippen molar-refractivity contribution in [2.45, 2.75) is 18.6 Å². The van der Waals surface area contributed by atoms with Crippen LogP contribution in [-0.2, 0) is 9.53 Å². The Bertz CT molecular complexity index is 512. The number of hydrogen-bond donors (Lipinski definition) is 2. The van der Waals surface area contributed by atoms with Crippen molar-refractivity contribution < 1.29 is 23.9 Å². The molecule has 0 aliphatic carbocycles. The Morgan fingerprint density at radius 1 is 1.53 bits per heavy atom. The molecule has 2 atom stereocenters. The Labute approximate surface area is 119 Å². The molecule has 2 heterocycles. The van der Waals surface area contributed by atoms with Gasteiger partial charge in [0.25, 0.3) is 0 Å². The second kappa shape index (κ2) is 4.97. The Balaban J connectivity index is 2.02. The standard InChI is InChI=1S/C12H15BrN2O4/c1-15(2)6-8(4-10(15)11(16)17)19-12(18)9-3-7(13)5-14-9/h3,5,8,10H,4,6H2,1-2H3,(H-,14,16,17,18)/p+1/t8-,10-/m1/s1. The number of carboxylic acids is 1. The van der Waals surface area contributed by atoms with Gasteiger partial charge >= 0.3 is 11.9 Å². The van der Waals surface area contributed by atoms with Crippen LogP contribution in [0.5, 0.6) is 0 Å². The van der Waals surface area contributed by atoms with Gasteiger partial charge in [-0.2, -0.15) is 0 Å². The summed E-state index contributed by atoms with van der Waals surface area (Å²) in [7, 11) is 3.66. The number of aliphatic carboxylic acids is 1. The normalized spacial score (nSPS) is 25.2. The number of carbonyl (C=O) groups excluding carboxylic acids is 1. The van der Waals surface area contributed by atoms with Gasteiger partial charge in [0.05, 0.1) is 20.5 Å². The minimum absolute atomic E-state index is 0.321. The quantitative estimate of drug-likeness (QED) is 0.645. The average Bonchev–Trinajstić information content (AvgIpc) is 2.82. The lowest BCUT2D eigenvalue weighted by Crippen LogP contribution is -2.48. The Kier molecular flexibility index (Phi) is 3.69. The summed E-state index contributed by atoms with van der Waals surface area (Å²) in [6, 6.07) is 1.10. The molecule has 1 aromatic rings. The molecule has 0 amide bonds. The van der Waals surface area contributed by atoms with E-state index in [1.165, 1.54) is 0 Å². The topological polar surface area (TPSA) is 79.4 Å². The van der Waals surface area contributed by atoms with Crippen LogP contribution in [0, 0.1) is 0 Å². The molecule has 6 nitrogen and oxygen atoms in total. The van der Waals surface area contributed by atoms with Crippen molar-refractivity contribution in [3.05, 3.63) is 22.4 Å². The van der Waals surface area contributed by atoms with Crippen molar-refractivity contribution >= 4 is 27.9 Å². The lowest BCUT2D eigenvalue weighted by atomic mass is 10.2. The van der Waals surface area contributed by atoms with E-state index in [1.54, 1.807) is 12.3 Å². The number of quaternary nitrogens is 1. The van der Waals surface area contributed by atoms with Gasteiger partial charge in [0.2, 0.25) is 0 Å². The zero-order valence-electron chi connectivity index (χ0n) is 10.7. The number of nitrogens with zero attached hydrogens (tertiary/aromatic N) is 1. The van der Waals surface area contributed by atoms with E-state index < -0.39 is 18.0 Å². The zero-order valence-corrected chi connectivity index (χ0v) is 12.3. The number of ether oxygens (including phenoxy) is 1. The molecule has 0 bridgehead atoms. The number of hydrogen-bond acceptors (Lipinski definition) is 3. The SMILES string of the molecule is C[N+]1(C)C[C@H](OC(=O)c2cc(Br)c[nH]2)C[C@@H]1C(=O)O. The molecule has 19 heavy (non-hydrogen) atoms. The molecule has 7 heteroatoms. The van der Waals surface area contributed by atoms with Crippen LogP contribution in [0.25, 0.3) is 0 Å². The summed E-state index contributed by atoms with van der Waals surface area (Å²) in [6.45, 7) is 0.505. The van der Waals surface area contributed by atoms with Gasteiger partial charge in [-0.05, 0) is 22.0 Å². The van der Waals surface area contributed by atoms with Gasteiger partial charge in [-0.3, -0.25) is 0 Å². The summed E-state index contributed by atoms with van der Waals surface area (Å²) in [4.78, 5) is 25.8. The lowest BCUT2D eigenvalue weighted by molar-refractivity contribution is -0.894. The summed E-state index contributed by atoms with van der Waals surface area (Å²) >= 11 is 3.24. The molecular formula is C12H16BrN2O4+. The molecule has 1 fully saturated rings. The fourth-order valence-corrected chi connectivity index (χ4v) is 2.79. The van der Waals surface area contributed by atoms with E-state index in [4.69, 9.17) is 9.84 Å². The number of likely N-dealkylation sites (N-methyl/N-ethyl adjacent to an activating group) is 1. The predicted molar refractivity (Wildman–Crippen MR) is 70.7 cm³/mol. The van der Waals surface area contributed by atoms with E-state index in [9.17, 15) is 9.59 Å². The lowest BCUT2D eigenvalue weighted by Gasteiger charge is -2.28. The molecule has 104 valence electrons. The van der Waals surface area contributed by atoms with Gasteiger partial charge < -0.3 is 19.3 Å². The Morgan fingerprint density at radius 2 is 2.21 bits per heavy atom. The molecule has 0 radical (unpaired) electrons. The van der Waals surface area contributed by atoms with Crippen LogP contribution in [0.3, 0.4) is 0 Å². The molecule has 0 spiro atoms. The summed E-state index contributed by atoms with van der Waals surface area (Å²) in [5.74, 6) is -1.31. The van der Waals surface area contributed by atoms with Crippen LogP contribution in [0.4, 0.5) is 0 Å². The highest BCUT2D eigenvalue weighted by Gasteiger charge is 2.47. The predicted octanol–water partition coefficient (Wildman–Crippen LogP) is 1.24. The molecule has 1 aliphatic heterocycles. The largest absolute Gasteiger partial charge is 0.477 e. The van der Waals surface area contributed by atoms with E-state index in [-0.39, 0.29) is 6.10 Å². The van der Waals surface area contributed by atoms with E-state index in [1.807, 2.05) is 14.1 Å². The highest BCUT2D eigenvalue weighted by molar-refractivity contribution is 9.10. The van der Waals surface area contributed by atoms with E-state index in [0.29, 0.717) is 23.1 Å². The Morgan fingerprint density at radius 3 is 2.68 bits per heavy atom. The number of nitrogens with one attached hydrogen (secondary N) is 1. The van der Waals surface area contributed by atoms with Crippen LogP contribution in [0.1, 0.15) is 16.9 Å².